The molecule has 1 unspecified atom stereocenters. The Morgan fingerprint density at radius 3 is 2.12 bits per heavy atom. The number of allylic oxidation sites excluding steroid dienone is 4. The molecule has 0 bridgehead atoms. The molecular formula is C24H29N. The first-order chi connectivity index (χ1) is 11.8. The summed E-state index contributed by atoms with van der Waals surface area (Å²) in [7, 11) is 0. The number of nitrogens with one attached hydrogen (secondary N) is 1. The molecule has 1 aliphatic carbocycles. The van der Waals surface area contributed by atoms with Crippen molar-refractivity contribution < 1.29 is 0 Å². The number of fused-ring (bicyclic) bond motifs is 1. The molecule has 0 fully saturated rings. The molecule has 0 heterocycles. The van der Waals surface area contributed by atoms with Gasteiger partial charge in [-0.1, -0.05) is 56.2 Å². The molecule has 1 aliphatic rings. The molecule has 0 amide bonds. The van der Waals surface area contributed by atoms with Gasteiger partial charge in [-0.3, -0.25) is 0 Å². The lowest BCUT2D eigenvalue weighted by molar-refractivity contribution is 0.498. The van der Waals surface area contributed by atoms with E-state index >= 15 is 0 Å². The van der Waals surface area contributed by atoms with Crippen molar-refractivity contribution in [1.29, 1.82) is 5.41 Å². The van der Waals surface area contributed by atoms with Crippen LogP contribution in [0.5, 0.6) is 0 Å². The summed E-state index contributed by atoms with van der Waals surface area (Å²) in [5.74, 6) is 0.531. The maximum absolute atomic E-state index is 7.92. The van der Waals surface area contributed by atoms with Gasteiger partial charge in [0.1, 0.15) is 0 Å². The third-order valence-electron chi connectivity index (χ3n) is 6.24. The molecule has 1 heteroatoms. The van der Waals surface area contributed by atoms with Gasteiger partial charge in [0.25, 0.3) is 0 Å². The second kappa shape index (κ2) is 6.29. The minimum Gasteiger partial charge on any atom is -0.308 e. The van der Waals surface area contributed by atoms with E-state index in [0.717, 1.165) is 12.0 Å². The second-order valence-electron chi connectivity index (χ2n) is 8.17. The maximum atomic E-state index is 7.92. The van der Waals surface area contributed by atoms with Crippen LogP contribution in [0.15, 0.2) is 58.7 Å². The van der Waals surface area contributed by atoms with Crippen molar-refractivity contribution in [3.05, 3.63) is 69.8 Å². The average molecular weight is 332 g/mol. The van der Waals surface area contributed by atoms with E-state index in [9.17, 15) is 0 Å². The lowest BCUT2D eigenvalue weighted by Gasteiger charge is -2.30. The summed E-state index contributed by atoms with van der Waals surface area (Å²) < 4.78 is 0. The van der Waals surface area contributed by atoms with Crippen LogP contribution in [-0.2, 0) is 5.41 Å². The van der Waals surface area contributed by atoms with Crippen molar-refractivity contribution in [3.8, 4) is 0 Å². The third-order valence-corrected chi connectivity index (χ3v) is 6.24. The van der Waals surface area contributed by atoms with Crippen LogP contribution < -0.4 is 0 Å². The van der Waals surface area contributed by atoms with Crippen LogP contribution in [-0.4, -0.2) is 6.21 Å². The lowest BCUT2D eigenvalue weighted by Crippen LogP contribution is -2.22. The highest BCUT2D eigenvalue weighted by Gasteiger charge is 2.31. The van der Waals surface area contributed by atoms with E-state index in [1.54, 1.807) is 5.57 Å². The SMILES string of the molecule is CC1=C(C)C(C)C(CC(C)(C)c2cc3ccccc3cc2C=N)=C1C. The van der Waals surface area contributed by atoms with Crippen molar-refractivity contribution in [2.75, 3.05) is 0 Å². The number of hydrogen-bond acceptors (Lipinski definition) is 1. The van der Waals surface area contributed by atoms with Crippen molar-refractivity contribution >= 4 is 17.0 Å². The molecule has 0 radical (unpaired) electrons. The molecule has 1 nitrogen and oxygen atoms in total. The molecule has 3 rings (SSSR count). The molecule has 0 saturated carbocycles. The molecule has 25 heavy (non-hydrogen) atoms. The Kier molecular flexibility index (Phi) is 4.45. The van der Waals surface area contributed by atoms with Gasteiger partial charge in [-0.05, 0) is 83.7 Å². The van der Waals surface area contributed by atoms with Gasteiger partial charge in [0, 0.05) is 6.21 Å². The predicted molar refractivity (Wildman–Crippen MR) is 110 cm³/mol. The Bertz CT molecular complexity index is 909. The van der Waals surface area contributed by atoms with Crippen LogP contribution in [0.1, 0.15) is 59.1 Å². The maximum Gasteiger partial charge on any atom is 0.0253 e. The van der Waals surface area contributed by atoms with E-state index in [0.29, 0.717) is 5.92 Å². The summed E-state index contributed by atoms with van der Waals surface area (Å²) >= 11 is 0. The van der Waals surface area contributed by atoms with E-state index in [-0.39, 0.29) is 5.41 Å². The zero-order valence-electron chi connectivity index (χ0n) is 16.3. The smallest absolute Gasteiger partial charge is 0.0253 e. The summed E-state index contributed by atoms with van der Waals surface area (Å²) in [6, 6.07) is 12.9. The molecule has 0 spiro atoms. The first-order valence-electron chi connectivity index (χ1n) is 9.17. The monoisotopic (exact) mass is 331 g/mol. The Balaban J connectivity index is 2.06. The van der Waals surface area contributed by atoms with Gasteiger partial charge in [-0.2, -0.15) is 0 Å². The fourth-order valence-corrected chi connectivity index (χ4v) is 4.27. The molecule has 1 atom stereocenters. The predicted octanol–water partition coefficient (Wildman–Crippen LogP) is 6.81. The fraction of sp³-hybridized carbons (Fsp3) is 0.375. The molecule has 2 aromatic carbocycles. The standard InChI is InChI=1S/C24H29N/c1-15-16(2)18(4)22(17(15)3)13-24(5,6)23-12-20-10-8-7-9-19(20)11-21(23)14-25/h7-12,14,17,25H,13H2,1-6H3. The van der Waals surface area contributed by atoms with Crippen molar-refractivity contribution in [2.24, 2.45) is 5.92 Å². The molecule has 1 N–H and O–H groups in total. The van der Waals surface area contributed by atoms with E-state index in [4.69, 9.17) is 5.41 Å². The molecule has 0 saturated heterocycles. The topological polar surface area (TPSA) is 23.9 Å². The minimum absolute atomic E-state index is 0.00727. The Morgan fingerprint density at radius 1 is 1.00 bits per heavy atom. The Morgan fingerprint density at radius 2 is 1.60 bits per heavy atom. The highest BCUT2D eigenvalue weighted by Crippen LogP contribution is 2.44. The van der Waals surface area contributed by atoms with Crippen LogP contribution in [0.3, 0.4) is 0 Å². The lowest BCUT2D eigenvalue weighted by atomic mass is 9.74. The quantitative estimate of drug-likeness (QED) is 0.595. The van der Waals surface area contributed by atoms with Gasteiger partial charge in [0.15, 0.2) is 0 Å². The van der Waals surface area contributed by atoms with Crippen LogP contribution in [0.25, 0.3) is 10.8 Å². The summed E-state index contributed by atoms with van der Waals surface area (Å²) in [6.45, 7) is 13.8. The first-order valence-corrected chi connectivity index (χ1v) is 9.17. The molecular weight excluding hydrogens is 302 g/mol. The Labute approximate surface area is 152 Å². The molecule has 0 aliphatic heterocycles. The summed E-state index contributed by atoms with van der Waals surface area (Å²) in [6.07, 6.45) is 2.55. The Hall–Kier alpha value is -2.15. The second-order valence-corrected chi connectivity index (χ2v) is 8.17. The third kappa shape index (κ3) is 2.97. The van der Waals surface area contributed by atoms with Gasteiger partial charge in [0.05, 0.1) is 0 Å². The van der Waals surface area contributed by atoms with E-state index in [1.807, 2.05) is 0 Å². The normalized spacial score (nSPS) is 18.4. The molecule has 130 valence electrons. The zero-order chi connectivity index (χ0) is 18.4. The first kappa shape index (κ1) is 17.7. The van der Waals surface area contributed by atoms with E-state index in [1.165, 1.54) is 39.3 Å². The van der Waals surface area contributed by atoms with Crippen LogP contribution in [0.4, 0.5) is 0 Å². The summed E-state index contributed by atoms with van der Waals surface area (Å²) in [5, 5.41) is 10.4. The minimum atomic E-state index is -0.00727. The van der Waals surface area contributed by atoms with Crippen molar-refractivity contribution in [2.45, 2.75) is 53.4 Å². The van der Waals surface area contributed by atoms with Gasteiger partial charge in [-0.25, -0.2) is 0 Å². The van der Waals surface area contributed by atoms with E-state index < -0.39 is 0 Å². The number of benzene rings is 2. The fourth-order valence-electron chi connectivity index (χ4n) is 4.27. The highest BCUT2D eigenvalue weighted by atomic mass is 14.4. The molecule has 0 aromatic heterocycles. The van der Waals surface area contributed by atoms with E-state index in [2.05, 4.69) is 77.9 Å². The van der Waals surface area contributed by atoms with Crippen LogP contribution in [0.2, 0.25) is 0 Å². The van der Waals surface area contributed by atoms with Crippen LogP contribution >= 0.6 is 0 Å². The van der Waals surface area contributed by atoms with Crippen molar-refractivity contribution in [1.82, 2.24) is 0 Å². The van der Waals surface area contributed by atoms with Crippen LogP contribution in [0, 0.1) is 11.3 Å². The number of rotatable bonds is 4. The molecule has 2 aromatic rings. The number of hydrogen-bond donors (Lipinski definition) is 1. The van der Waals surface area contributed by atoms with Gasteiger partial charge < -0.3 is 5.41 Å². The average Bonchev–Trinajstić information content (AvgIpc) is 2.78. The van der Waals surface area contributed by atoms with Crippen molar-refractivity contribution in [3.63, 3.8) is 0 Å². The zero-order valence-corrected chi connectivity index (χ0v) is 16.3. The van der Waals surface area contributed by atoms with Gasteiger partial charge >= 0.3 is 0 Å². The van der Waals surface area contributed by atoms with Gasteiger partial charge in [0.2, 0.25) is 0 Å². The highest BCUT2D eigenvalue weighted by molar-refractivity contribution is 5.92. The van der Waals surface area contributed by atoms with Gasteiger partial charge in [-0.15, -0.1) is 0 Å². The summed E-state index contributed by atoms with van der Waals surface area (Å²) in [5.41, 5.74) is 8.30. The summed E-state index contributed by atoms with van der Waals surface area (Å²) in [4.78, 5) is 0. The largest absolute Gasteiger partial charge is 0.308 e.